The minimum absolute atomic E-state index is 0.247. The number of carbonyl (C=O) groups excluding carboxylic acids is 1. The fourth-order valence-electron chi connectivity index (χ4n) is 3.70. The quantitative estimate of drug-likeness (QED) is 0.534. The molecule has 7 heteroatoms. The summed E-state index contributed by atoms with van der Waals surface area (Å²) in [6, 6.07) is 11.7. The van der Waals surface area contributed by atoms with Crippen molar-refractivity contribution in [1.82, 2.24) is 4.57 Å². The average Bonchev–Trinajstić information content (AvgIpc) is 2.96. The number of nitrogens with two attached hydrogens (primary N) is 2. The van der Waals surface area contributed by atoms with Crippen molar-refractivity contribution >= 4 is 45.3 Å². The lowest BCUT2D eigenvalue weighted by Crippen LogP contribution is -2.24. The Bertz CT molecular complexity index is 1030. The Labute approximate surface area is 155 Å². The molecular weight excluding hydrogens is 352 g/mol. The number of rotatable bonds is 2. The Morgan fingerprint density at radius 2 is 1.92 bits per heavy atom. The highest BCUT2D eigenvalue weighted by atomic mass is 35.5. The molecule has 0 saturated carbocycles. The summed E-state index contributed by atoms with van der Waals surface area (Å²) < 4.78 is 7.78. The summed E-state index contributed by atoms with van der Waals surface area (Å²) in [5, 5.41) is 2.71. The molecule has 134 valence electrons. The number of nitrogens with zero attached hydrogens (tertiary/aromatic N) is 2. The van der Waals surface area contributed by atoms with Gasteiger partial charge in [-0.1, -0.05) is 23.7 Å². The van der Waals surface area contributed by atoms with Crippen LogP contribution in [0, 0.1) is 0 Å². The first-order valence-electron chi connectivity index (χ1n) is 8.50. The van der Waals surface area contributed by atoms with E-state index in [0.29, 0.717) is 10.6 Å². The zero-order valence-corrected chi connectivity index (χ0v) is 14.9. The number of amides is 1. The number of halogens is 1. The molecule has 1 aliphatic rings. The molecule has 0 radical (unpaired) electrons. The molecule has 0 spiro atoms. The Balaban J connectivity index is 1.99. The lowest BCUT2D eigenvalue weighted by Gasteiger charge is -2.25. The van der Waals surface area contributed by atoms with Crippen molar-refractivity contribution in [3.8, 4) is 0 Å². The molecule has 0 atom stereocenters. The van der Waals surface area contributed by atoms with Gasteiger partial charge in [0.1, 0.15) is 0 Å². The topological polar surface area (TPSA) is 95.6 Å². The van der Waals surface area contributed by atoms with Crippen molar-refractivity contribution in [2.24, 2.45) is 16.5 Å². The number of guanidine groups is 1. The number of ether oxygens (including phenoxy) is 1. The van der Waals surface area contributed by atoms with Crippen molar-refractivity contribution in [2.45, 2.75) is 18.9 Å². The molecule has 2 aromatic carbocycles. The zero-order valence-electron chi connectivity index (χ0n) is 14.1. The molecule has 1 amide bonds. The molecule has 0 aliphatic carbocycles. The zero-order chi connectivity index (χ0) is 18.3. The third-order valence-corrected chi connectivity index (χ3v) is 5.13. The van der Waals surface area contributed by atoms with E-state index < -0.39 is 5.91 Å². The number of aromatic nitrogens is 1. The number of hydrogen-bond acceptors (Lipinski definition) is 2. The predicted octanol–water partition coefficient (Wildman–Crippen LogP) is 3.21. The van der Waals surface area contributed by atoms with Gasteiger partial charge in [-0.25, -0.2) is 0 Å². The summed E-state index contributed by atoms with van der Waals surface area (Å²) in [7, 11) is 0. The van der Waals surface area contributed by atoms with Gasteiger partial charge in [0.15, 0.2) is 5.96 Å². The molecule has 1 fully saturated rings. The van der Waals surface area contributed by atoms with Gasteiger partial charge in [-0.05, 0) is 37.1 Å². The third kappa shape index (κ3) is 2.81. The molecule has 6 nitrogen and oxygen atoms in total. The normalized spacial score (nSPS) is 15.4. The van der Waals surface area contributed by atoms with Crippen LogP contribution in [0.3, 0.4) is 0 Å². The number of hydrogen-bond donors (Lipinski definition) is 2. The lowest BCUT2D eigenvalue weighted by atomic mass is 10.1. The van der Waals surface area contributed by atoms with Gasteiger partial charge in [0, 0.05) is 35.6 Å². The van der Waals surface area contributed by atoms with Crippen LogP contribution in [0.15, 0.2) is 41.4 Å². The van der Waals surface area contributed by atoms with Crippen LogP contribution in [-0.2, 0) is 4.74 Å². The van der Waals surface area contributed by atoms with Gasteiger partial charge in [0.2, 0.25) is 0 Å². The Kier molecular flexibility index (Phi) is 4.30. The maximum Gasteiger partial charge on any atom is 0.280 e. The van der Waals surface area contributed by atoms with E-state index in [-0.39, 0.29) is 12.0 Å². The van der Waals surface area contributed by atoms with Gasteiger partial charge in [-0.3, -0.25) is 4.79 Å². The van der Waals surface area contributed by atoms with Crippen molar-refractivity contribution < 1.29 is 9.53 Å². The van der Waals surface area contributed by atoms with Crippen LogP contribution in [0.4, 0.5) is 0 Å². The van der Waals surface area contributed by atoms with Crippen molar-refractivity contribution in [2.75, 3.05) is 13.2 Å². The largest absolute Gasteiger partial charge is 0.381 e. The first kappa shape index (κ1) is 16.9. The van der Waals surface area contributed by atoms with Gasteiger partial charge < -0.3 is 20.8 Å². The van der Waals surface area contributed by atoms with Crippen LogP contribution >= 0.6 is 11.6 Å². The van der Waals surface area contributed by atoms with E-state index >= 15 is 0 Å². The summed E-state index contributed by atoms with van der Waals surface area (Å²) >= 11 is 6.50. The summed E-state index contributed by atoms with van der Waals surface area (Å²) in [5.74, 6) is -0.704. The van der Waals surface area contributed by atoms with Crippen LogP contribution in [0.1, 0.15) is 29.2 Å². The number of aliphatic imine (C=N–C) groups is 1. The molecule has 26 heavy (non-hydrogen) atoms. The standard InChI is InChI=1S/C19H19ClN4O2/c20-14-2-1-3-15-17(14)13-5-4-11(18(25)23-19(21)22)10-16(13)24(15)12-6-8-26-9-7-12/h1-5,10,12H,6-9H2,(H4,21,22,23,25). The summed E-state index contributed by atoms with van der Waals surface area (Å²) in [5.41, 5.74) is 13.1. The van der Waals surface area contributed by atoms with Gasteiger partial charge in [-0.15, -0.1) is 0 Å². The molecular formula is C19H19ClN4O2. The first-order valence-corrected chi connectivity index (χ1v) is 8.88. The Morgan fingerprint density at radius 3 is 2.65 bits per heavy atom. The number of fused-ring (bicyclic) bond motifs is 3. The third-order valence-electron chi connectivity index (χ3n) is 4.81. The minimum Gasteiger partial charge on any atom is -0.381 e. The van der Waals surface area contributed by atoms with Crippen LogP contribution in [0.25, 0.3) is 21.8 Å². The number of carbonyl (C=O) groups is 1. The SMILES string of the molecule is NC(N)=NC(=O)c1ccc2c3c(Cl)cccc3n(C3CCOCC3)c2c1. The Hall–Kier alpha value is -2.57. The maximum atomic E-state index is 12.3. The van der Waals surface area contributed by atoms with Crippen molar-refractivity contribution in [3.63, 3.8) is 0 Å². The second-order valence-electron chi connectivity index (χ2n) is 6.42. The molecule has 3 aromatic rings. The second-order valence-corrected chi connectivity index (χ2v) is 6.83. The minimum atomic E-state index is -0.457. The summed E-state index contributed by atoms with van der Waals surface area (Å²) in [6.07, 6.45) is 1.83. The highest BCUT2D eigenvalue weighted by Crippen LogP contribution is 2.38. The Morgan fingerprint density at radius 1 is 1.15 bits per heavy atom. The predicted molar refractivity (Wildman–Crippen MR) is 104 cm³/mol. The van der Waals surface area contributed by atoms with E-state index in [9.17, 15) is 4.79 Å². The molecule has 0 bridgehead atoms. The van der Waals surface area contributed by atoms with Gasteiger partial charge in [-0.2, -0.15) is 4.99 Å². The molecule has 4 rings (SSSR count). The van der Waals surface area contributed by atoms with E-state index in [1.165, 1.54) is 0 Å². The van der Waals surface area contributed by atoms with Crippen LogP contribution in [0.5, 0.6) is 0 Å². The van der Waals surface area contributed by atoms with Crippen LogP contribution < -0.4 is 11.5 Å². The average molecular weight is 371 g/mol. The second kappa shape index (κ2) is 6.63. The van der Waals surface area contributed by atoms with Gasteiger partial charge in [0.05, 0.1) is 16.1 Å². The summed E-state index contributed by atoms with van der Waals surface area (Å²) in [6.45, 7) is 1.44. The highest BCUT2D eigenvalue weighted by molar-refractivity contribution is 6.38. The number of benzene rings is 2. The monoisotopic (exact) mass is 370 g/mol. The fraction of sp³-hybridized carbons (Fsp3) is 0.263. The molecule has 4 N–H and O–H groups in total. The fourth-order valence-corrected chi connectivity index (χ4v) is 3.98. The molecule has 0 unspecified atom stereocenters. The maximum absolute atomic E-state index is 12.3. The van der Waals surface area contributed by atoms with Gasteiger partial charge in [0.25, 0.3) is 5.91 Å². The van der Waals surface area contributed by atoms with Crippen LogP contribution in [0.2, 0.25) is 5.02 Å². The van der Waals surface area contributed by atoms with Crippen molar-refractivity contribution in [1.29, 1.82) is 0 Å². The smallest absolute Gasteiger partial charge is 0.280 e. The molecule has 1 saturated heterocycles. The van der Waals surface area contributed by atoms with Crippen LogP contribution in [-0.4, -0.2) is 29.6 Å². The molecule has 2 heterocycles. The highest BCUT2D eigenvalue weighted by Gasteiger charge is 2.22. The van der Waals surface area contributed by atoms with Crippen molar-refractivity contribution in [3.05, 3.63) is 47.0 Å². The van der Waals surface area contributed by atoms with E-state index in [4.69, 9.17) is 27.8 Å². The first-order chi connectivity index (χ1) is 12.6. The molecule has 1 aliphatic heterocycles. The summed E-state index contributed by atoms with van der Waals surface area (Å²) in [4.78, 5) is 15.9. The van der Waals surface area contributed by atoms with Gasteiger partial charge >= 0.3 is 0 Å². The lowest BCUT2D eigenvalue weighted by molar-refractivity contribution is 0.0717. The molecule has 1 aromatic heterocycles. The van der Waals surface area contributed by atoms with E-state index in [1.807, 2.05) is 24.3 Å². The van der Waals surface area contributed by atoms with E-state index in [0.717, 1.165) is 47.9 Å². The van der Waals surface area contributed by atoms with E-state index in [1.54, 1.807) is 6.07 Å². The van der Waals surface area contributed by atoms with E-state index in [2.05, 4.69) is 15.6 Å².